The van der Waals surface area contributed by atoms with E-state index in [2.05, 4.69) is 10.3 Å². The van der Waals surface area contributed by atoms with Crippen molar-refractivity contribution in [2.24, 2.45) is 0 Å². The van der Waals surface area contributed by atoms with Gasteiger partial charge in [0.2, 0.25) is 5.75 Å². The number of aromatic nitrogens is 1. The number of carbonyl (C=O) groups excluding carboxylic acids is 1. The van der Waals surface area contributed by atoms with Gasteiger partial charge in [-0.1, -0.05) is 6.07 Å². The van der Waals surface area contributed by atoms with Crippen molar-refractivity contribution in [1.29, 1.82) is 0 Å². The fourth-order valence-corrected chi connectivity index (χ4v) is 2.31. The predicted octanol–water partition coefficient (Wildman–Crippen LogP) is 2.00. The molecule has 104 valence electrons. The lowest BCUT2D eigenvalue weighted by atomic mass is 10.1. The molecule has 0 aliphatic heterocycles. The molecule has 0 bridgehead atoms. The number of phenolic OH excluding ortho intramolecular Hbond substituents is 1. The van der Waals surface area contributed by atoms with Gasteiger partial charge in [0.25, 0.3) is 5.91 Å². The molecule has 2 N–H and O–H groups in total. The number of thiazole rings is 1. The Kier molecular flexibility index (Phi) is 3.94. The highest BCUT2D eigenvalue weighted by molar-refractivity contribution is 7.09. The standard InChI is InChI=1S/C12H11N3O4S/c1-7-6-20-10(14-7)5-13-12(17)8-3-2-4-9(11(8)16)15(18)19/h2-4,6,16H,5H2,1H3,(H,13,17). The van der Waals surface area contributed by atoms with Crippen molar-refractivity contribution >= 4 is 22.9 Å². The number of para-hydroxylation sites is 1. The monoisotopic (exact) mass is 293 g/mol. The SMILES string of the molecule is Cc1csc(CNC(=O)c2cccc([N+](=O)[O-])c2O)n1. The Labute approximate surface area is 118 Å². The number of phenols is 1. The summed E-state index contributed by atoms with van der Waals surface area (Å²) in [4.78, 5) is 26.0. The van der Waals surface area contributed by atoms with Gasteiger partial charge in [-0.05, 0) is 13.0 Å². The molecule has 1 amide bonds. The number of hydrogen-bond donors (Lipinski definition) is 2. The Hall–Kier alpha value is -2.48. The van der Waals surface area contributed by atoms with Crippen molar-refractivity contribution in [3.05, 3.63) is 50.0 Å². The number of nitro benzene ring substituents is 1. The first kappa shape index (κ1) is 13.9. The zero-order valence-electron chi connectivity index (χ0n) is 10.5. The Balaban J connectivity index is 2.13. The van der Waals surface area contributed by atoms with Gasteiger partial charge < -0.3 is 10.4 Å². The van der Waals surface area contributed by atoms with Gasteiger partial charge >= 0.3 is 5.69 Å². The number of aryl methyl sites for hydroxylation is 1. The summed E-state index contributed by atoms with van der Waals surface area (Å²) in [7, 11) is 0. The number of nitrogens with zero attached hydrogens (tertiary/aromatic N) is 2. The van der Waals surface area contributed by atoms with Gasteiger partial charge in [-0.3, -0.25) is 14.9 Å². The van der Waals surface area contributed by atoms with Gasteiger partial charge in [0.15, 0.2) is 0 Å². The summed E-state index contributed by atoms with van der Waals surface area (Å²) in [6, 6.07) is 3.81. The van der Waals surface area contributed by atoms with Crippen LogP contribution in [0.5, 0.6) is 5.75 Å². The van der Waals surface area contributed by atoms with Crippen molar-refractivity contribution in [1.82, 2.24) is 10.3 Å². The summed E-state index contributed by atoms with van der Waals surface area (Å²) in [5.41, 5.74) is 0.229. The second-order valence-electron chi connectivity index (χ2n) is 4.00. The van der Waals surface area contributed by atoms with Crippen LogP contribution in [0, 0.1) is 17.0 Å². The van der Waals surface area contributed by atoms with E-state index in [9.17, 15) is 20.0 Å². The summed E-state index contributed by atoms with van der Waals surface area (Å²) in [6.45, 7) is 2.05. The molecule has 1 aromatic heterocycles. The first-order valence-electron chi connectivity index (χ1n) is 5.64. The van der Waals surface area contributed by atoms with Gasteiger partial charge in [-0.25, -0.2) is 4.98 Å². The van der Waals surface area contributed by atoms with Crippen LogP contribution in [0.3, 0.4) is 0 Å². The van der Waals surface area contributed by atoms with E-state index in [1.807, 2.05) is 12.3 Å². The van der Waals surface area contributed by atoms with Crippen LogP contribution in [0.1, 0.15) is 21.1 Å². The molecule has 0 unspecified atom stereocenters. The van der Waals surface area contributed by atoms with E-state index >= 15 is 0 Å². The Morgan fingerprint density at radius 2 is 2.30 bits per heavy atom. The maximum absolute atomic E-state index is 11.9. The van der Waals surface area contributed by atoms with Gasteiger partial charge in [0.1, 0.15) is 5.01 Å². The Morgan fingerprint density at radius 3 is 2.90 bits per heavy atom. The summed E-state index contributed by atoms with van der Waals surface area (Å²) in [5, 5.41) is 25.5. The molecule has 7 nitrogen and oxygen atoms in total. The first-order valence-corrected chi connectivity index (χ1v) is 6.52. The van der Waals surface area contributed by atoms with Gasteiger partial charge in [-0.15, -0.1) is 11.3 Å². The zero-order chi connectivity index (χ0) is 14.7. The lowest BCUT2D eigenvalue weighted by Crippen LogP contribution is -2.23. The Morgan fingerprint density at radius 1 is 1.55 bits per heavy atom. The number of benzene rings is 1. The van der Waals surface area contributed by atoms with E-state index in [4.69, 9.17) is 0 Å². The van der Waals surface area contributed by atoms with Crippen LogP contribution in [0.15, 0.2) is 23.6 Å². The molecule has 0 aliphatic carbocycles. The van der Waals surface area contributed by atoms with Crippen LogP contribution in [0.25, 0.3) is 0 Å². The van der Waals surface area contributed by atoms with E-state index in [1.165, 1.54) is 23.5 Å². The van der Waals surface area contributed by atoms with Crippen LogP contribution in [-0.2, 0) is 6.54 Å². The molecule has 0 radical (unpaired) electrons. The highest BCUT2D eigenvalue weighted by atomic mass is 32.1. The van der Waals surface area contributed by atoms with Crippen molar-refractivity contribution in [2.45, 2.75) is 13.5 Å². The van der Waals surface area contributed by atoms with Gasteiger partial charge in [0, 0.05) is 17.1 Å². The third kappa shape index (κ3) is 2.91. The minimum Gasteiger partial charge on any atom is -0.502 e. The van der Waals surface area contributed by atoms with E-state index in [1.54, 1.807) is 0 Å². The maximum Gasteiger partial charge on any atom is 0.311 e. The minimum absolute atomic E-state index is 0.132. The molecule has 2 aromatic rings. The van der Waals surface area contributed by atoms with Crippen LogP contribution >= 0.6 is 11.3 Å². The highest BCUT2D eigenvalue weighted by Crippen LogP contribution is 2.29. The van der Waals surface area contributed by atoms with E-state index in [0.717, 1.165) is 16.8 Å². The van der Waals surface area contributed by atoms with E-state index in [-0.39, 0.29) is 12.1 Å². The van der Waals surface area contributed by atoms with Crippen molar-refractivity contribution < 1.29 is 14.8 Å². The van der Waals surface area contributed by atoms with Crippen LogP contribution < -0.4 is 5.32 Å². The molecule has 2 rings (SSSR count). The number of rotatable bonds is 4. The largest absolute Gasteiger partial charge is 0.502 e. The van der Waals surface area contributed by atoms with Crippen LogP contribution in [0.2, 0.25) is 0 Å². The molecule has 8 heteroatoms. The molecular formula is C12H11N3O4S. The molecule has 0 spiro atoms. The second-order valence-corrected chi connectivity index (χ2v) is 4.94. The third-order valence-corrected chi connectivity index (χ3v) is 3.49. The number of aromatic hydroxyl groups is 1. The molecule has 0 fully saturated rings. The quantitative estimate of drug-likeness (QED) is 0.662. The normalized spacial score (nSPS) is 10.2. The number of nitrogens with one attached hydrogen (secondary N) is 1. The van der Waals surface area contributed by atoms with Crippen molar-refractivity contribution in [2.75, 3.05) is 0 Å². The summed E-state index contributed by atoms with van der Waals surface area (Å²) in [6.07, 6.45) is 0. The predicted molar refractivity (Wildman–Crippen MR) is 72.8 cm³/mol. The van der Waals surface area contributed by atoms with E-state index < -0.39 is 22.3 Å². The molecule has 0 saturated carbocycles. The summed E-state index contributed by atoms with van der Waals surface area (Å²) < 4.78 is 0. The second kappa shape index (κ2) is 5.66. The average Bonchev–Trinajstić information content (AvgIpc) is 2.81. The maximum atomic E-state index is 11.9. The fourth-order valence-electron chi connectivity index (χ4n) is 1.60. The molecule has 0 atom stereocenters. The van der Waals surface area contributed by atoms with E-state index in [0.29, 0.717) is 0 Å². The van der Waals surface area contributed by atoms with Gasteiger partial charge in [-0.2, -0.15) is 0 Å². The fraction of sp³-hybridized carbons (Fsp3) is 0.167. The highest BCUT2D eigenvalue weighted by Gasteiger charge is 2.20. The number of carbonyl (C=O) groups is 1. The number of nitro groups is 1. The molecule has 0 aliphatic rings. The first-order chi connectivity index (χ1) is 9.49. The molecule has 1 aromatic carbocycles. The lowest BCUT2D eigenvalue weighted by Gasteiger charge is -2.05. The molecule has 20 heavy (non-hydrogen) atoms. The lowest BCUT2D eigenvalue weighted by molar-refractivity contribution is -0.385. The summed E-state index contributed by atoms with van der Waals surface area (Å²) in [5.74, 6) is -1.22. The smallest absolute Gasteiger partial charge is 0.311 e. The topological polar surface area (TPSA) is 105 Å². The molecular weight excluding hydrogens is 282 g/mol. The Bertz CT molecular complexity index is 668. The number of amides is 1. The minimum atomic E-state index is -0.740. The average molecular weight is 293 g/mol. The van der Waals surface area contributed by atoms with Crippen molar-refractivity contribution in [3.8, 4) is 5.75 Å². The molecule has 1 heterocycles. The van der Waals surface area contributed by atoms with Gasteiger partial charge in [0.05, 0.1) is 17.0 Å². The number of hydrogen-bond acceptors (Lipinski definition) is 6. The molecule has 0 saturated heterocycles. The van der Waals surface area contributed by atoms with Crippen LogP contribution in [-0.4, -0.2) is 20.9 Å². The zero-order valence-corrected chi connectivity index (χ0v) is 11.3. The van der Waals surface area contributed by atoms with Crippen LogP contribution in [0.4, 0.5) is 5.69 Å². The third-order valence-electron chi connectivity index (χ3n) is 2.52. The van der Waals surface area contributed by atoms with Crippen molar-refractivity contribution in [3.63, 3.8) is 0 Å². The summed E-state index contributed by atoms with van der Waals surface area (Å²) >= 11 is 1.40.